The lowest BCUT2D eigenvalue weighted by molar-refractivity contribution is 0.0655. The van der Waals surface area contributed by atoms with Crippen LogP contribution in [0, 0.1) is 0 Å². The van der Waals surface area contributed by atoms with Gasteiger partial charge in [-0.25, -0.2) is 4.79 Å². The standard InChI is InChI=1S/C27H25N5O4/c1-30(27(10-11-27)20-8-4-3-7-18(20)26(35)36)24(33)19-15-28-32-13-12-31(16-23(19)32)25(34)22-14-17-6-2-5-9-21(17)29-22/h2-9,14-15,29H,10-13,16H2,1H3,(H,35,36). The lowest BCUT2D eigenvalue weighted by Crippen LogP contribution is -2.41. The Balaban J connectivity index is 1.27. The summed E-state index contributed by atoms with van der Waals surface area (Å²) < 4.78 is 1.78. The molecule has 1 aliphatic heterocycles. The molecular weight excluding hydrogens is 458 g/mol. The minimum absolute atomic E-state index is 0.126. The number of aromatic carboxylic acids is 1. The molecule has 182 valence electrons. The first-order valence-corrected chi connectivity index (χ1v) is 11.9. The number of benzene rings is 2. The van der Waals surface area contributed by atoms with Gasteiger partial charge in [0.1, 0.15) is 5.69 Å². The maximum atomic E-state index is 13.7. The smallest absolute Gasteiger partial charge is 0.336 e. The Morgan fingerprint density at radius 3 is 2.53 bits per heavy atom. The number of rotatable bonds is 5. The molecule has 2 aromatic carbocycles. The molecule has 4 aromatic rings. The third-order valence-electron chi connectivity index (χ3n) is 7.48. The molecule has 2 aromatic heterocycles. The molecule has 6 rings (SSSR count). The van der Waals surface area contributed by atoms with Crippen LogP contribution in [-0.2, 0) is 18.6 Å². The summed E-state index contributed by atoms with van der Waals surface area (Å²) in [6.07, 6.45) is 2.94. The molecule has 9 heteroatoms. The van der Waals surface area contributed by atoms with E-state index in [1.54, 1.807) is 52.0 Å². The zero-order valence-corrected chi connectivity index (χ0v) is 19.8. The van der Waals surface area contributed by atoms with Crippen LogP contribution in [0.3, 0.4) is 0 Å². The highest BCUT2D eigenvalue weighted by Gasteiger charge is 2.52. The van der Waals surface area contributed by atoms with E-state index in [-0.39, 0.29) is 23.9 Å². The fourth-order valence-corrected chi connectivity index (χ4v) is 5.31. The van der Waals surface area contributed by atoms with Gasteiger partial charge in [0.15, 0.2) is 0 Å². The molecule has 0 spiro atoms. The normalized spacial score (nSPS) is 16.0. The fraction of sp³-hybridized carbons (Fsp3) is 0.259. The van der Waals surface area contributed by atoms with Gasteiger partial charge in [0.05, 0.1) is 41.6 Å². The van der Waals surface area contributed by atoms with E-state index in [1.807, 2.05) is 30.3 Å². The number of carbonyl (C=O) groups excluding carboxylic acids is 2. The van der Waals surface area contributed by atoms with E-state index in [0.29, 0.717) is 48.4 Å². The van der Waals surface area contributed by atoms with E-state index in [1.165, 1.54) is 0 Å². The molecule has 2 N–H and O–H groups in total. The average Bonchev–Trinajstić information content (AvgIpc) is 3.41. The van der Waals surface area contributed by atoms with E-state index in [0.717, 1.165) is 10.9 Å². The number of amides is 2. The number of aromatic nitrogens is 3. The molecule has 2 aliphatic rings. The molecular formula is C27H25N5O4. The van der Waals surface area contributed by atoms with Crippen molar-refractivity contribution in [2.45, 2.75) is 31.5 Å². The number of hydrogen-bond donors (Lipinski definition) is 2. The molecule has 0 atom stereocenters. The first-order chi connectivity index (χ1) is 17.4. The molecule has 0 radical (unpaired) electrons. The van der Waals surface area contributed by atoms with Gasteiger partial charge in [-0.3, -0.25) is 14.3 Å². The Kier molecular flexibility index (Phi) is 4.96. The predicted molar refractivity (Wildman–Crippen MR) is 132 cm³/mol. The van der Waals surface area contributed by atoms with Gasteiger partial charge in [0.25, 0.3) is 11.8 Å². The molecule has 0 bridgehead atoms. The largest absolute Gasteiger partial charge is 0.478 e. The second-order valence-electron chi connectivity index (χ2n) is 9.47. The van der Waals surface area contributed by atoms with E-state index >= 15 is 0 Å². The number of carboxylic acid groups (broad SMARTS) is 1. The topological polar surface area (TPSA) is 112 Å². The van der Waals surface area contributed by atoms with Crippen molar-refractivity contribution < 1.29 is 19.5 Å². The van der Waals surface area contributed by atoms with Crippen molar-refractivity contribution >= 4 is 28.7 Å². The number of H-pyrrole nitrogens is 1. The number of aromatic amines is 1. The van der Waals surface area contributed by atoms with Crippen molar-refractivity contribution in [1.29, 1.82) is 0 Å². The zero-order valence-electron chi connectivity index (χ0n) is 19.8. The van der Waals surface area contributed by atoms with Crippen molar-refractivity contribution in [3.05, 3.63) is 88.9 Å². The highest BCUT2D eigenvalue weighted by atomic mass is 16.4. The van der Waals surface area contributed by atoms with Crippen LogP contribution in [0.2, 0.25) is 0 Å². The molecule has 1 fully saturated rings. The Hall–Kier alpha value is -4.40. The minimum Gasteiger partial charge on any atom is -0.478 e. The second-order valence-corrected chi connectivity index (χ2v) is 9.47. The summed E-state index contributed by atoms with van der Waals surface area (Å²) in [4.78, 5) is 45.4. The SMILES string of the molecule is CN(C(=O)c1cnn2c1CN(C(=O)c1cc3ccccc3[nH]1)CC2)C1(c2ccccc2C(=O)O)CC1. The molecule has 1 saturated carbocycles. The monoisotopic (exact) mass is 483 g/mol. The van der Waals surface area contributed by atoms with Crippen molar-refractivity contribution in [1.82, 2.24) is 24.6 Å². The summed E-state index contributed by atoms with van der Waals surface area (Å²) in [5.41, 5.74) is 2.73. The summed E-state index contributed by atoms with van der Waals surface area (Å²) in [7, 11) is 1.72. The van der Waals surface area contributed by atoms with Gasteiger partial charge in [0, 0.05) is 24.5 Å². The van der Waals surface area contributed by atoms with Crippen molar-refractivity contribution in [3.8, 4) is 0 Å². The zero-order chi connectivity index (χ0) is 25.0. The van der Waals surface area contributed by atoms with Crippen LogP contribution >= 0.6 is 0 Å². The molecule has 3 heterocycles. The van der Waals surface area contributed by atoms with Crippen LogP contribution in [0.4, 0.5) is 0 Å². The first-order valence-electron chi connectivity index (χ1n) is 11.9. The average molecular weight is 484 g/mol. The van der Waals surface area contributed by atoms with Crippen LogP contribution in [0.1, 0.15) is 55.3 Å². The van der Waals surface area contributed by atoms with E-state index in [2.05, 4.69) is 10.1 Å². The molecule has 2 amide bonds. The van der Waals surface area contributed by atoms with E-state index in [4.69, 9.17) is 0 Å². The van der Waals surface area contributed by atoms with Gasteiger partial charge in [-0.2, -0.15) is 5.10 Å². The predicted octanol–water partition coefficient (Wildman–Crippen LogP) is 3.48. The summed E-state index contributed by atoms with van der Waals surface area (Å²) >= 11 is 0. The van der Waals surface area contributed by atoms with Crippen LogP contribution in [0.15, 0.2) is 60.8 Å². The van der Waals surface area contributed by atoms with Crippen LogP contribution in [0.5, 0.6) is 0 Å². The number of hydrogen-bond acceptors (Lipinski definition) is 4. The fourth-order valence-electron chi connectivity index (χ4n) is 5.31. The lowest BCUT2D eigenvalue weighted by Gasteiger charge is -2.31. The molecule has 1 aliphatic carbocycles. The second kappa shape index (κ2) is 8.08. The highest BCUT2D eigenvalue weighted by Crippen LogP contribution is 2.52. The Bertz CT molecular complexity index is 1500. The third-order valence-corrected chi connectivity index (χ3v) is 7.48. The van der Waals surface area contributed by atoms with Gasteiger partial charge < -0.3 is 19.9 Å². The Morgan fingerprint density at radius 1 is 1.03 bits per heavy atom. The number of nitrogens with zero attached hydrogens (tertiary/aromatic N) is 4. The van der Waals surface area contributed by atoms with Crippen molar-refractivity contribution in [2.75, 3.05) is 13.6 Å². The van der Waals surface area contributed by atoms with Crippen LogP contribution in [-0.4, -0.2) is 61.0 Å². The van der Waals surface area contributed by atoms with Crippen LogP contribution in [0.25, 0.3) is 10.9 Å². The van der Waals surface area contributed by atoms with E-state index < -0.39 is 11.5 Å². The number of nitrogens with one attached hydrogen (secondary N) is 1. The summed E-state index contributed by atoms with van der Waals surface area (Å²) in [5.74, 6) is -1.36. The third kappa shape index (κ3) is 3.38. The number of para-hydroxylation sites is 1. The van der Waals surface area contributed by atoms with Gasteiger partial charge in [-0.05, 0) is 36.6 Å². The maximum absolute atomic E-state index is 13.7. The Labute approximate surface area is 206 Å². The molecule has 0 saturated heterocycles. The number of carbonyl (C=O) groups is 3. The lowest BCUT2D eigenvalue weighted by atomic mass is 9.96. The molecule has 0 unspecified atom stereocenters. The maximum Gasteiger partial charge on any atom is 0.336 e. The van der Waals surface area contributed by atoms with Gasteiger partial charge >= 0.3 is 5.97 Å². The van der Waals surface area contributed by atoms with E-state index in [9.17, 15) is 19.5 Å². The summed E-state index contributed by atoms with van der Waals surface area (Å²) in [6, 6.07) is 16.4. The van der Waals surface area contributed by atoms with Gasteiger partial charge in [-0.15, -0.1) is 0 Å². The van der Waals surface area contributed by atoms with Crippen molar-refractivity contribution in [2.24, 2.45) is 0 Å². The summed E-state index contributed by atoms with van der Waals surface area (Å²) in [6.45, 7) is 1.25. The minimum atomic E-state index is -1.01. The number of carboxylic acids is 1. The molecule has 9 nitrogen and oxygen atoms in total. The first kappa shape index (κ1) is 22.1. The highest BCUT2D eigenvalue weighted by molar-refractivity contribution is 5.99. The molecule has 36 heavy (non-hydrogen) atoms. The van der Waals surface area contributed by atoms with Gasteiger partial charge in [0.2, 0.25) is 0 Å². The van der Waals surface area contributed by atoms with Crippen LogP contribution < -0.4 is 0 Å². The van der Waals surface area contributed by atoms with Crippen molar-refractivity contribution in [3.63, 3.8) is 0 Å². The summed E-state index contributed by atoms with van der Waals surface area (Å²) in [5, 5.41) is 15.1. The number of fused-ring (bicyclic) bond motifs is 2. The van der Waals surface area contributed by atoms with Gasteiger partial charge in [-0.1, -0.05) is 36.4 Å². The quantitative estimate of drug-likeness (QED) is 0.452. The Morgan fingerprint density at radius 2 is 1.78 bits per heavy atom.